The summed E-state index contributed by atoms with van der Waals surface area (Å²) in [5, 5.41) is 3.02. The van der Waals surface area contributed by atoms with Gasteiger partial charge in [-0.3, -0.25) is 4.99 Å². The molecule has 1 aliphatic rings. The number of pyridine rings is 1. The fourth-order valence-corrected chi connectivity index (χ4v) is 3.47. The number of rotatable bonds is 5. The van der Waals surface area contributed by atoms with Crippen LogP contribution in [0, 0.1) is 0 Å². The molecule has 1 saturated carbocycles. The van der Waals surface area contributed by atoms with Crippen molar-refractivity contribution in [2.75, 3.05) is 19.0 Å². The molecule has 1 aromatic heterocycles. The maximum atomic E-state index is 6.00. The molecule has 0 saturated heterocycles. The summed E-state index contributed by atoms with van der Waals surface area (Å²) in [5.74, 6) is 1.68. The average molecular weight is 338 g/mol. The second-order valence-corrected chi connectivity index (χ2v) is 6.61. The third kappa shape index (κ3) is 4.57. The molecule has 0 aliphatic heterocycles. The van der Waals surface area contributed by atoms with E-state index < -0.39 is 0 Å². The number of hydrogen-bond acceptors (Lipinski definition) is 3. The Balaban J connectivity index is 1.58. The van der Waals surface area contributed by atoms with Gasteiger partial charge in [-0.2, -0.15) is 0 Å². The number of methoxy groups -OCH3 is 1. The van der Waals surface area contributed by atoms with Crippen molar-refractivity contribution in [1.29, 1.82) is 0 Å². The minimum Gasteiger partial charge on any atom is -0.376 e. The second kappa shape index (κ2) is 8.12. The number of guanidine groups is 1. The quantitative estimate of drug-likeness (QED) is 0.646. The third-order valence-electron chi connectivity index (χ3n) is 5.06. The number of aromatic nitrogens is 1. The summed E-state index contributed by atoms with van der Waals surface area (Å²) in [5.41, 5.74) is 7.20. The normalized spacial score (nSPS) is 24.0. The standard InChI is InChI=1S/C20H26N4O/c1-25-20(15-23-19(21)24-18-9-5-6-14-22-18)12-10-17(11-13-20)16-7-3-2-4-8-16/h2-9,14,17H,10-13,15H2,1H3,(H3,21,22,23,24). The molecular weight excluding hydrogens is 312 g/mol. The molecule has 3 N–H and O–H groups in total. The van der Waals surface area contributed by atoms with Crippen LogP contribution in [0.25, 0.3) is 0 Å². The SMILES string of the molecule is COC1(CN=C(N)Nc2ccccn2)CCC(c2ccccc2)CC1. The number of hydrogen-bond donors (Lipinski definition) is 2. The highest BCUT2D eigenvalue weighted by atomic mass is 16.5. The Morgan fingerprint density at radius 2 is 1.92 bits per heavy atom. The van der Waals surface area contributed by atoms with Gasteiger partial charge in [-0.25, -0.2) is 4.98 Å². The van der Waals surface area contributed by atoms with E-state index in [0.29, 0.717) is 24.2 Å². The molecular formula is C20H26N4O. The summed E-state index contributed by atoms with van der Waals surface area (Å²) in [6.45, 7) is 0.566. The number of benzene rings is 1. The summed E-state index contributed by atoms with van der Waals surface area (Å²) in [4.78, 5) is 8.69. The van der Waals surface area contributed by atoms with Gasteiger partial charge in [0, 0.05) is 13.3 Å². The van der Waals surface area contributed by atoms with Crippen LogP contribution in [0.3, 0.4) is 0 Å². The zero-order valence-corrected chi connectivity index (χ0v) is 14.7. The molecule has 1 aromatic carbocycles. The molecule has 2 aromatic rings. The maximum Gasteiger partial charge on any atom is 0.194 e. The number of nitrogens with zero attached hydrogens (tertiary/aromatic N) is 2. The van der Waals surface area contributed by atoms with Crippen molar-refractivity contribution in [3.63, 3.8) is 0 Å². The van der Waals surface area contributed by atoms with Gasteiger partial charge >= 0.3 is 0 Å². The van der Waals surface area contributed by atoms with Crippen LogP contribution in [0.5, 0.6) is 0 Å². The van der Waals surface area contributed by atoms with E-state index in [1.54, 1.807) is 13.3 Å². The first-order valence-electron chi connectivity index (χ1n) is 8.79. The van der Waals surface area contributed by atoms with Crippen LogP contribution in [0.2, 0.25) is 0 Å². The van der Waals surface area contributed by atoms with Gasteiger partial charge in [-0.05, 0) is 49.3 Å². The Labute approximate surface area is 149 Å². The van der Waals surface area contributed by atoms with Crippen molar-refractivity contribution in [2.45, 2.75) is 37.2 Å². The third-order valence-corrected chi connectivity index (χ3v) is 5.06. The van der Waals surface area contributed by atoms with E-state index in [4.69, 9.17) is 10.5 Å². The lowest BCUT2D eigenvalue weighted by Crippen LogP contribution is -2.40. The first kappa shape index (κ1) is 17.4. The van der Waals surface area contributed by atoms with Crippen LogP contribution in [0.15, 0.2) is 59.7 Å². The molecule has 1 heterocycles. The molecule has 0 spiro atoms. The lowest BCUT2D eigenvalue weighted by molar-refractivity contribution is -0.0346. The highest BCUT2D eigenvalue weighted by molar-refractivity contribution is 5.91. The molecule has 0 atom stereocenters. The number of nitrogens with two attached hydrogens (primary N) is 1. The van der Waals surface area contributed by atoms with Crippen molar-refractivity contribution < 1.29 is 4.74 Å². The summed E-state index contributed by atoms with van der Waals surface area (Å²) in [6.07, 6.45) is 5.92. The molecule has 25 heavy (non-hydrogen) atoms. The average Bonchev–Trinajstić information content (AvgIpc) is 2.68. The lowest BCUT2D eigenvalue weighted by Gasteiger charge is -2.38. The largest absolute Gasteiger partial charge is 0.376 e. The highest BCUT2D eigenvalue weighted by Gasteiger charge is 2.35. The van der Waals surface area contributed by atoms with E-state index in [1.807, 2.05) is 18.2 Å². The fraction of sp³-hybridized carbons (Fsp3) is 0.400. The van der Waals surface area contributed by atoms with Crippen molar-refractivity contribution in [3.8, 4) is 0 Å². The van der Waals surface area contributed by atoms with E-state index in [9.17, 15) is 0 Å². The van der Waals surface area contributed by atoms with E-state index >= 15 is 0 Å². The summed E-state index contributed by atoms with van der Waals surface area (Å²) in [7, 11) is 1.78. The Kier molecular flexibility index (Phi) is 5.66. The highest BCUT2D eigenvalue weighted by Crippen LogP contribution is 2.39. The molecule has 1 fully saturated rings. The van der Waals surface area contributed by atoms with Gasteiger partial charge < -0.3 is 15.8 Å². The number of nitrogens with one attached hydrogen (secondary N) is 1. The van der Waals surface area contributed by atoms with Crippen LogP contribution in [0.4, 0.5) is 5.82 Å². The molecule has 0 unspecified atom stereocenters. The minimum absolute atomic E-state index is 0.221. The van der Waals surface area contributed by atoms with Crippen LogP contribution in [-0.4, -0.2) is 30.2 Å². The monoisotopic (exact) mass is 338 g/mol. The molecule has 0 amide bonds. The molecule has 0 radical (unpaired) electrons. The Morgan fingerprint density at radius 3 is 2.56 bits per heavy atom. The maximum absolute atomic E-state index is 6.00. The molecule has 1 aliphatic carbocycles. The van der Waals surface area contributed by atoms with Gasteiger partial charge in [0.1, 0.15) is 5.82 Å². The van der Waals surface area contributed by atoms with Gasteiger partial charge in [-0.15, -0.1) is 0 Å². The van der Waals surface area contributed by atoms with Crippen LogP contribution >= 0.6 is 0 Å². The van der Waals surface area contributed by atoms with E-state index in [2.05, 4.69) is 45.6 Å². The minimum atomic E-state index is -0.221. The van der Waals surface area contributed by atoms with Crippen LogP contribution in [0.1, 0.15) is 37.2 Å². The zero-order chi connectivity index (χ0) is 17.5. The molecule has 5 nitrogen and oxygen atoms in total. The first-order valence-corrected chi connectivity index (χ1v) is 8.79. The van der Waals surface area contributed by atoms with Crippen molar-refractivity contribution in [3.05, 3.63) is 60.3 Å². The number of anilines is 1. The summed E-state index contributed by atoms with van der Waals surface area (Å²) < 4.78 is 5.86. The second-order valence-electron chi connectivity index (χ2n) is 6.61. The van der Waals surface area contributed by atoms with Gasteiger partial charge in [0.25, 0.3) is 0 Å². The first-order chi connectivity index (χ1) is 12.2. The van der Waals surface area contributed by atoms with E-state index in [-0.39, 0.29) is 5.60 Å². The topological polar surface area (TPSA) is 72.5 Å². The smallest absolute Gasteiger partial charge is 0.194 e. The number of ether oxygens (including phenoxy) is 1. The Hall–Kier alpha value is -2.40. The molecule has 3 rings (SSSR count). The summed E-state index contributed by atoms with van der Waals surface area (Å²) in [6, 6.07) is 16.4. The predicted octanol–water partition coefficient (Wildman–Crippen LogP) is 3.55. The van der Waals surface area contributed by atoms with E-state index in [0.717, 1.165) is 25.7 Å². The van der Waals surface area contributed by atoms with Gasteiger partial charge in [0.2, 0.25) is 0 Å². The van der Waals surface area contributed by atoms with Gasteiger partial charge in [0.15, 0.2) is 5.96 Å². The molecule has 5 heteroatoms. The number of aliphatic imine (C=N–C) groups is 1. The fourth-order valence-electron chi connectivity index (χ4n) is 3.47. The Bertz CT molecular complexity index is 679. The van der Waals surface area contributed by atoms with Gasteiger partial charge in [-0.1, -0.05) is 36.4 Å². The van der Waals surface area contributed by atoms with E-state index in [1.165, 1.54) is 5.56 Å². The predicted molar refractivity (Wildman–Crippen MR) is 102 cm³/mol. The van der Waals surface area contributed by atoms with Crippen molar-refractivity contribution in [2.24, 2.45) is 10.7 Å². The zero-order valence-electron chi connectivity index (χ0n) is 14.7. The van der Waals surface area contributed by atoms with Crippen LogP contribution < -0.4 is 11.1 Å². The van der Waals surface area contributed by atoms with Gasteiger partial charge in [0.05, 0.1) is 12.1 Å². The van der Waals surface area contributed by atoms with Crippen LogP contribution in [-0.2, 0) is 4.74 Å². The summed E-state index contributed by atoms with van der Waals surface area (Å²) >= 11 is 0. The Morgan fingerprint density at radius 1 is 1.20 bits per heavy atom. The molecule has 0 bridgehead atoms. The molecule has 132 valence electrons. The lowest BCUT2D eigenvalue weighted by atomic mass is 9.76. The van der Waals surface area contributed by atoms with Crippen molar-refractivity contribution >= 4 is 11.8 Å². The van der Waals surface area contributed by atoms with Crippen molar-refractivity contribution in [1.82, 2.24) is 4.98 Å².